The Morgan fingerprint density at radius 3 is 1.23 bits per heavy atom. The molecule has 2 aromatic carbocycles. The zero-order valence-corrected chi connectivity index (χ0v) is 13.6. The summed E-state index contributed by atoms with van der Waals surface area (Å²) in [7, 11) is 0. The molecule has 130 valence electrons. The van der Waals surface area contributed by atoms with Crippen LogP contribution in [0.15, 0.2) is 71.0 Å². The molecule has 0 unspecified atom stereocenters. The highest BCUT2D eigenvalue weighted by atomic mass is 16.4. The monoisotopic (exact) mass is 348 g/mol. The van der Waals surface area contributed by atoms with E-state index in [2.05, 4.69) is 20.5 Å². The summed E-state index contributed by atoms with van der Waals surface area (Å²) in [4.78, 5) is 0. The van der Waals surface area contributed by atoms with E-state index in [1.807, 2.05) is 36.4 Å². The molecule has 6 N–H and O–H groups in total. The van der Waals surface area contributed by atoms with Crippen molar-refractivity contribution in [2.24, 2.45) is 21.8 Å². The predicted molar refractivity (Wildman–Crippen MR) is 97.9 cm³/mol. The Kier molecular flexibility index (Phi) is 4.75. The van der Waals surface area contributed by atoms with Crippen molar-refractivity contribution in [2.75, 3.05) is 0 Å². The number of aromatic nitrogens is 2. The van der Waals surface area contributed by atoms with Crippen LogP contribution in [-0.2, 0) is 0 Å². The molecule has 3 rings (SSSR count). The quantitative estimate of drug-likeness (QED) is 0.246. The third-order valence-corrected chi connectivity index (χ3v) is 3.83. The van der Waals surface area contributed by atoms with Gasteiger partial charge in [-0.1, -0.05) is 58.8 Å². The summed E-state index contributed by atoms with van der Waals surface area (Å²) in [5.41, 5.74) is 15.5. The zero-order chi connectivity index (χ0) is 18.5. The fourth-order valence-electron chi connectivity index (χ4n) is 2.38. The van der Waals surface area contributed by atoms with Gasteiger partial charge in [0, 0.05) is 22.3 Å². The van der Waals surface area contributed by atoms with Gasteiger partial charge in [-0.2, -0.15) is 0 Å². The average Bonchev–Trinajstić information content (AvgIpc) is 2.73. The van der Waals surface area contributed by atoms with E-state index >= 15 is 0 Å². The second-order valence-electron chi connectivity index (χ2n) is 5.43. The second kappa shape index (κ2) is 7.31. The number of benzene rings is 2. The average molecular weight is 348 g/mol. The molecule has 0 amide bonds. The van der Waals surface area contributed by atoms with E-state index in [-0.39, 0.29) is 11.7 Å². The van der Waals surface area contributed by atoms with Gasteiger partial charge in [-0.05, 0) is 12.1 Å². The summed E-state index contributed by atoms with van der Waals surface area (Å²) < 4.78 is 0. The normalized spacial score (nSPS) is 12.2. The van der Waals surface area contributed by atoms with E-state index in [0.29, 0.717) is 22.5 Å². The molecule has 0 fully saturated rings. The third-order valence-electron chi connectivity index (χ3n) is 3.83. The number of oxime groups is 2. The molecule has 0 radical (unpaired) electrons. The largest absolute Gasteiger partial charge is 0.409 e. The lowest BCUT2D eigenvalue weighted by Crippen LogP contribution is -2.12. The Morgan fingerprint density at radius 2 is 0.962 bits per heavy atom. The van der Waals surface area contributed by atoms with Gasteiger partial charge in [0.15, 0.2) is 11.7 Å². The van der Waals surface area contributed by atoms with Crippen molar-refractivity contribution in [3.05, 3.63) is 71.8 Å². The summed E-state index contributed by atoms with van der Waals surface area (Å²) >= 11 is 0. The molecular formula is C18H16N6O2. The maximum Gasteiger partial charge on any atom is 0.170 e. The number of amidine groups is 2. The molecule has 0 spiro atoms. The Labute approximate surface area is 149 Å². The third kappa shape index (κ3) is 3.44. The molecule has 0 saturated carbocycles. The van der Waals surface area contributed by atoms with Gasteiger partial charge in [0.1, 0.15) is 0 Å². The first kappa shape index (κ1) is 16.9. The summed E-state index contributed by atoms with van der Waals surface area (Å²) in [6.07, 6.45) is 0. The molecule has 3 aromatic rings. The van der Waals surface area contributed by atoms with Crippen LogP contribution in [0.25, 0.3) is 22.5 Å². The SMILES string of the molecule is NC(=NO)c1ccc(-c2ccc(-c3ccc(C(N)=NO)cc3)nn2)cc1. The lowest BCUT2D eigenvalue weighted by atomic mass is 10.1. The van der Waals surface area contributed by atoms with Crippen molar-refractivity contribution in [1.82, 2.24) is 10.2 Å². The summed E-state index contributed by atoms with van der Waals surface area (Å²) in [6, 6.07) is 18.0. The summed E-state index contributed by atoms with van der Waals surface area (Å²) in [5, 5.41) is 31.8. The van der Waals surface area contributed by atoms with E-state index in [0.717, 1.165) is 11.1 Å². The molecule has 8 heteroatoms. The second-order valence-corrected chi connectivity index (χ2v) is 5.43. The van der Waals surface area contributed by atoms with Gasteiger partial charge in [-0.25, -0.2) is 0 Å². The van der Waals surface area contributed by atoms with E-state index in [9.17, 15) is 0 Å². The number of nitrogens with zero attached hydrogens (tertiary/aromatic N) is 4. The highest BCUT2D eigenvalue weighted by Crippen LogP contribution is 2.21. The molecule has 8 nitrogen and oxygen atoms in total. The Balaban J connectivity index is 1.82. The van der Waals surface area contributed by atoms with E-state index in [4.69, 9.17) is 21.9 Å². The van der Waals surface area contributed by atoms with Gasteiger partial charge in [0.05, 0.1) is 11.4 Å². The minimum absolute atomic E-state index is 0.0494. The van der Waals surface area contributed by atoms with Crippen LogP contribution in [0.4, 0.5) is 0 Å². The summed E-state index contributed by atoms with van der Waals surface area (Å²) in [5.74, 6) is 0.0987. The zero-order valence-electron chi connectivity index (χ0n) is 13.6. The van der Waals surface area contributed by atoms with Crippen molar-refractivity contribution in [2.45, 2.75) is 0 Å². The molecular weight excluding hydrogens is 332 g/mol. The Morgan fingerprint density at radius 1 is 0.615 bits per heavy atom. The van der Waals surface area contributed by atoms with Gasteiger partial charge in [-0.3, -0.25) is 0 Å². The van der Waals surface area contributed by atoms with Gasteiger partial charge < -0.3 is 21.9 Å². The van der Waals surface area contributed by atoms with Crippen molar-refractivity contribution < 1.29 is 10.4 Å². The predicted octanol–water partition coefficient (Wildman–Crippen LogP) is 2.00. The highest BCUT2D eigenvalue weighted by molar-refractivity contribution is 5.97. The fourth-order valence-corrected chi connectivity index (χ4v) is 2.38. The van der Waals surface area contributed by atoms with Crippen LogP contribution in [0.1, 0.15) is 11.1 Å². The van der Waals surface area contributed by atoms with Crippen molar-refractivity contribution in [3.63, 3.8) is 0 Å². The van der Waals surface area contributed by atoms with Crippen LogP contribution in [0.5, 0.6) is 0 Å². The number of hydrogen-bond donors (Lipinski definition) is 4. The van der Waals surface area contributed by atoms with Crippen LogP contribution in [0, 0.1) is 0 Å². The first-order valence-corrected chi connectivity index (χ1v) is 7.63. The molecule has 26 heavy (non-hydrogen) atoms. The van der Waals surface area contributed by atoms with Crippen LogP contribution >= 0.6 is 0 Å². The maximum absolute atomic E-state index is 8.69. The Bertz CT molecular complexity index is 868. The van der Waals surface area contributed by atoms with Crippen molar-refractivity contribution >= 4 is 11.7 Å². The minimum Gasteiger partial charge on any atom is -0.409 e. The van der Waals surface area contributed by atoms with Gasteiger partial charge in [0.25, 0.3) is 0 Å². The van der Waals surface area contributed by atoms with Crippen LogP contribution in [-0.4, -0.2) is 32.3 Å². The number of rotatable bonds is 4. The standard InChI is InChI=1S/C18H16N6O2/c19-17(23-25)13-5-1-11(2-6-13)15-9-10-16(22-21-15)12-3-7-14(8-4-12)18(20)24-26/h1-10,25-26H,(H2,19,23)(H2,20,24). The number of nitrogens with two attached hydrogens (primary N) is 2. The molecule has 0 aliphatic rings. The minimum atomic E-state index is 0.0494. The fraction of sp³-hybridized carbons (Fsp3) is 0. The molecule has 0 atom stereocenters. The van der Waals surface area contributed by atoms with Gasteiger partial charge in [-0.15, -0.1) is 10.2 Å². The molecule has 0 saturated heterocycles. The molecule has 0 aliphatic carbocycles. The van der Waals surface area contributed by atoms with Gasteiger partial charge in [0.2, 0.25) is 0 Å². The number of hydrogen-bond acceptors (Lipinski definition) is 6. The van der Waals surface area contributed by atoms with E-state index < -0.39 is 0 Å². The highest BCUT2D eigenvalue weighted by Gasteiger charge is 2.06. The molecule has 0 aliphatic heterocycles. The summed E-state index contributed by atoms with van der Waals surface area (Å²) in [6.45, 7) is 0. The first-order valence-electron chi connectivity index (χ1n) is 7.63. The molecule has 0 bridgehead atoms. The maximum atomic E-state index is 8.69. The van der Waals surface area contributed by atoms with Gasteiger partial charge >= 0.3 is 0 Å². The smallest absolute Gasteiger partial charge is 0.170 e. The van der Waals surface area contributed by atoms with Crippen LogP contribution in [0.3, 0.4) is 0 Å². The van der Waals surface area contributed by atoms with E-state index in [1.54, 1.807) is 24.3 Å². The molecule has 1 aromatic heterocycles. The topological polar surface area (TPSA) is 143 Å². The Hall–Kier alpha value is -3.94. The van der Waals surface area contributed by atoms with Crippen LogP contribution < -0.4 is 11.5 Å². The first-order chi connectivity index (χ1) is 12.6. The van der Waals surface area contributed by atoms with Crippen molar-refractivity contribution in [1.29, 1.82) is 0 Å². The molecule has 1 heterocycles. The van der Waals surface area contributed by atoms with Crippen molar-refractivity contribution in [3.8, 4) is 22.5 Å². The lowest BCUT2D eigenvalue weighted by molar-refractivity contribution is 0.318. The van der Waals surface area contributed by atoms with E-state index in [1.165, 1.54) is 0 Å². The van der Waals surface area contributed by atoms with Crippen LogP contribution in [0.2, 0.25) is 0 Å². The lowest BCUT2D eigenvalue weighted by Gasteiger charge is -2.05.